The Morgan fingerprint density at radius 2 is 2.11 bits per heavy atom. The van der Waals surface area contributed by atoms with Gasteiger partial charge in [-0.15, -0.1) is 0 Å². The molecule has 0 aliphatic heterocycles. The molecular formula is C11H9F3N2O2S. The maximum atomic E-state index is 12.6. The van der Waals surface area contributed by atoms with E-state index in [-0.39, 0.29) is 12.1 Å². The Labute approximate surface area is 109 Å². The molecule has 0 saturated heterocycles. The van der Waals surface area contributed by atoms with Crippen molar-refractivity contribution in [3.8, 4) is 0 Å². The minimum Gasteiger partial charge on any atom is -0.358 e. The summed E-state index contributed by atoms with van der Waals surface area (Å²) in [7, 11) is 1.39. The van der Waals surface area contributed by atoms with E-state index >= 15 is 0 Å². The molecule has 1 amide bonds. The van der Waals surface area contributed by atoms with Gasteiger partial charge in [0.05, 0.1) is 15.8 Å². The zero-order valence-corrected chi connectivity index (χ0v) is 10.6. The molecule has 0 atom stereocenters. The van der Waals surface area contributed by atoms with Crippen LogP contribution in [0.3, 0.4) is 0 Å². The Morgan fingerprint density at radius 1 is 1.42 bits per heavy atom. The molecular weight excluding hydrogens is 281 g/mol. The third kappa shape index (κ3) is 2.62. The number of hydrogen-bond donors (Lipinski definition) is 1. The average Bonchev–Trinajstić information content (AvgIpc) is 2.64. The standard InChI is InChI=1S/C11H9F3N2O2S/c1-15-9(17)5-16-7-4-6(11(12,13)14)2-3-8(7)19-10(16)18/h2-4H,5H2,1H3,(H,15,17). The van der Waals surface area contributed by atoms with Crippen molar-refractivity contribution in [2.45, 2.75) is 12.7 Å². The molecule has 0 spiro atoms. The third-order valence-electron chi connectivity index (χ3n) is 2.58. The molecule has 1 aromatic heterocycles. The van der Waals surface area contributed by atoms with Crippen molar-refractivity contribution >= 4 is 27.5 Å². The van der Waals surface area contributed by atoms with Crippen LogP contribution in [0.25, 0.3) is 10.2 Å². The Hall–Kier alpha value is -1.83. The predicted octanol–water partition coefficient (Wildman–Crippen LogP) is 1.83. The van der Waals surface area contributed by atoms with Crippen molar-refractivity contribution in [2.75, 3.05) is 7.05 Å². The Morgan fingerprint density at radius 3 is 2.68 bits per heavy atom. The lowest BCUT2D eigenvalue weighted by molar-refractivity contribution is -0.137. The minimum atomic E-state index is -4.48. The fraction of sp³-hybridized carbons (Fsp3) is 0.273. The molecule has 0 aliphatic carbocycles. The summed E-state index contributed by atoms with van der Waals surface area (Å²) < 4.78 is 39.3. The van der Waals surface area contributed by atoms with E-state index in [0.29, 0.717) is 4.70 Å². The van der Waals surface area contributed by atoms with E-state index in [4.69, 9.17) is 0 Å². The van der Waals surface area contributed by atoms with E-state index in [2.05, 4.69) is 5.32 Å². The van der Waals surface area contributed by atoms with Crippen LogP contribution in [0, 0.1) is 0 Å². The molecule has 19 heavy (non-hydrogen) atoms. The number of rotatable bonds is 2. The van der Waals surface area contributed by atoms with Gasteiger partial charge in [0.2, 0.25) is 5.91 Å². The quantitative estimate of drug-likeness (QED) is 0.917. The maximum absolute atomic E-state index is 12.6. The smallest absolute Gasteiger partial charge is 0.358 e. The number of halogens is 3. The second-order valence-corrected chi connectivity index (χ2v) is 4.80. The number of carbonyl (C=O) groups excluding carboxylic acids is 1. The number of hydrogen-bond acceptors (Lipinski definition) is 3. The summed E-state index contributed by atoms with van der Waals surface area (Å²) in [6.07, 6.45) is -4.48. The lowest BCUT2D eigenvalue weighted by Gasteiger charge is -2.07. The summed E-state index contributed by atoms with van der Waals surface area (Å²) in [5.74, 6) is -0.445. The van der Waals surface area contributed by atoms with Crippen LogP contribution in [0.1, 0.15) is 5.56 Å². The van der Waals surface area contributed by atoms with Gasteiger partial charge in [0.15, 0.2) is 0 Å². The fourth-order valence-corrected chi connectivity index (χ4v) is 2.48. The zero-order valence-electron chi connectivity index (χ0n) is 9.75. The molecule has 0 unspecified atom stereocenters. The number of amides is 1. The first-order valence-corrected chi connectivity index (χ1v) is 6.05. The van der Waals surface area contributed by atoms with Gasteiger partial charge in [-0.2, -0.15) is 13.2 Å². The largest absolute Gasteiger partial charge is 0.416 e. The number of fused-ring (bicyclic) bond motifs is 1. The van der Waals surface area contributed by atoms with Crippen LogP contribution >= 0.6 is 11.3 Å². The number of thiazole rings is 1. The molecule has 0 bridgehead atoms. The number of nitrogens with one attached hydrogen (secondary N) is 1. The van der Waals surface area contributed by atoms with Crippen molar-refractivity contribution in [2.24, 2.45) is 0 Å². The molecule has 102 valence electrons. The van der Waals surface area contributed by atoms with Gasteiger partial charge in [-0.3, -0.25) is 14.2 Å². The molecule has 1 aromatic carbocycles. The van der Waals surface area contributed by atoms with Crippen LogP contribution in [-0.2, 0) is 17.5 Å². The number of aromatic nitrogens is 1. The Kier molecular flexibility index (Phi) is 3.36. The van der Waals surface area contributed by atoms with Crippen molar-refractivity contribution in [1.82, 2.24) is 9.88 Å². The second-order valence-electron chi connectivity index (χ2n) is 3.81. The molecule has 1 N–H and O–H groups in total. The SMILES string of the molecule is CNC(=O)Cn1c(=O)sc2ccc(C(F)(F)F)cc21. The van der Waals surface area contributed by atoms with Gasteiger partial charge in [-0.1, -0.05) is 11.3 Å². The molecule has 0 fully saturated rings. The van der Waals surface area contributed by atoms with Crippen LogP contribution in [-0.4, -0.2) is 17.5 Å². The molecule has 1 heterocycles. The van der Waals surface area contributed by atoms with Gasteiger partial charge in [0, 0.05) is 7.05 Å². The summed E-state index contributed by atoms with van der Waals surface area (Å²) in [6, 6.07) is 3.04. The van der Waals surface area contributed by atoms with Crippen molar-refractivity contribution in [3.05, 3.63) is 33.4 Å². The molecule has 0 aliphatic rings. The molecule has 0 saturated carbocycles. The lowest BCUT2D eigenvalue weighted by Crippen LogP contribution is -2.27. The molecule has 8 heteroatoms. The summed E-state index contributed by atoms with van der Waals surface area (Å²) >= 11 is 0.811. The van der Waals surface area contributed by atoms with Crippen LogP contribution in [0.4, 0.5) is 13.2 Å². The number of alkyl halides is 3. The van der Waals surface area contributed by atoms with E-state index < -0.39 is 22.5 Å². The second kappa shape index (κ2) is 4.69. The number of nitrogens with zero attached hydrogens (tertiary/aromatic N) is 1. The van der Waals surface area contributed by atoms with Crippen LogP contribution in [0.15, 0.2) is 23.0 Å². The van der Waals surface area contributed by atoms with Crippen LogP contribution in [0.5, 0.6) is 0 Å². The van der Waals surface area contributed by atoms with Crippen LogP contribution < -0.4 is 10.2 Å². The van der Waals surface area contributed by atoms with E-state index in [1.165, 1.54) is 13.1 Å². The normalized spacial score (nSPS) is 11.8. The highest BCUT2D eigenvalue weighted by molar-refractivity contribution is 7.16. The van der Waals surface area contributed by atoms with E-state index in [1.54, 1.807) is 0 Å². The zero-order chi connectivity index (χ0) is 14.2. The summed E-state index contributed by atoms with van der Waals surface area (Å²) in [4.78, 5) is 22.5. The minimum absolute atomic E-state index is 0.119. The van der Waals surface area contributed by atoms with E-state index in [9.17, 15) is 22.8 Å². The molecule has 2 rings (SSSR count). The topological polar surface area (TPSA) is 51.1 Å². The monoisotopic (exact) mass is 290 g/mol. The maximum Gasteiger partial charge on any atom is 0.416 e. The Balaban J connectivity index is 2.60. The first-order chi connectivity index (χ1) is 8.82. The molecule has 0 radical (unpaired) electrons. The first kappa shape index (κ1) is 13.6. The molecule has 4 nitrogen and oxygen atoms in total. The van der Waals surface area contributed by atoms with E-state index in [0.717, 1.165) is 28.0 Å². The van der Waals surface area contributed by atoms with Crippen LogP contribution in [0.2, 0.25) is 0 Å². The average molecular weight is 290 g/mol. The highest BCUT2D eigenvalue weighted by atomic mass is 32.1. The predicted molar refractivity (Wildman–Crippen MR) is 65.2 cm³/mol. The lowest BCUT2D eigenvalue weighted by atomic mass is 10.2. The van der Waals surface area contributed by atoms with E-state index in [1.807, 2.05) is 0 Å². The highest BCUT2D eigenvalue weighted by Gasteiger charge is 2.31. The third-order valence-corrected chi connectivity index (χ3v) is 3.54. The van der Waals surface area contributed by atoms with Gasteiger partial charge in [0.25, 0.3) is 0 Å². The van der Waals surface area contributed by atoms with Gasteiger partial charge in [-0.25, -0.2) is 0 Å². The summed E-state index contributed by atoms with van der Waals surface area (Å²) in [5, 5.41) is 2.32. The van der Waals surface area contributed by atoms with Gasteiger partial charge in [0.1, 0.15) is 6.54 Å². The number of likely N-dealkylation sites (N-methyl/N-ethyl adjacent to an activating group) is 1. The molecule has 2 aromatic rings. The number of carbonyl (C=O) groups is 1. The van der Waals surface area contributed by atoms with Gasteiger partial charge >= 0.3 is 11.0 Å². The summed E-state index contributed by atoms with van der Waals surface area (Å²) in [5.41, 5.74) is -0.725. The summed E-state index contributed by atoms with van der Waals surface area (Å²) in [6.45, 7) is -0.295. The van der Waals surface area contributed by atoms with Crippen molar-refractivity contribution in [1.29, 1.82) is 0 Å². The fourth-order valence-electron chi connectivity index (χ4n) is 1.61. The van der Waals surface area contributed by atoms with Gasteiger partial charge in [-0.05, 0) is 18.2 Å². The first-order valence-electron chi connectivity index (χ1n) is 5.24. The highest BCUT2D eigenvalue weighted by Crippen LogP contribution is 2.31. The van der Waals surface area contributed by atoms with Crippen molar-refractivity contribution < 1.29 is 18.0 Å². The van der Waals surface area contributed by atoms with Gasteiger partial charge < -0.3 is 5.32 Å². The number of benzene rings is 1. The Bertz CT molecular complexity index is 687. The van der Waals surface area contributed by atoms with Crippen molar-refractivity contribution in [3.63, 3.8) is 0 Å².